The van der Waals surface area contributed by atoms with Crippen molar-refractivity contribution in [1.82, 2.24) is 4.31 Å². The van der Waals surface area contributed by atoms with Crippen LogP contribution in [0.5, 0.6) is 0 Å². The predicted molar refractivity (Wildman–Crippen MR) is 85.7 cm³/mol. The van der Waals surface area contributed by atoms with Gasteiger partial charge in [-0.2, -0.15) is 4.31 Å². The zero-order valence-corrected chi connectivity index (χ0v) is 15.4. The number of sulfone groups is 1. The second-order valence-corrected chi connectivity index (χ2v) is 12.6. The number of thiophene rings is 1. The summed E-state index contributed by atoms with van der Waals surface area (Å²) in [6.45, 7) is 0. The van der Waals surface area contributed by atoms with Gasteiger partial charge in [0.05, 0.1) is 9.04 Å². The summed E-state index contributed by atoms with van der Waals surface area (Å²) in [5.41, 5.74) is 0. The molecular weight excluding hydrogens is 398 g/mol. The van der Waals surface area contributed by atoms with Gasteiger partial charge in [0.15, 0.2) is 0 Å². The molecule has 1 aromatic rings. The van der Waals surface area contributed by atoms with E-state index in [4.69, 9.17) is 0 Å². The van der Waals surface area contributed by atoms with Crippen molar-refractivity contribution >= 4 is 47.1 Å². The van der Waals surface area contributed by atoms with Crippen molar-refractivity contribution in [1.29, 1.82) is 0 Å². The standard InChI is InChI=1S/C12H16BrNO4S3/c1-20(15,16)10-6-8-2-3-9(7-10)14(8)21(17,18)12-5-4-11(13)19-12/h4-5,8-10H,2-3,6-7H2,1H3. The van der Waals surface area contributed by atoms with Crippen LogP contribution in [0.1, 0.15) is 25.7 Å². The maximum absolute atomic E-state index is 12.8. The molecule has 0 aliphatic carbocycles. The molecule has 0 spiro atoms. The van der Waals surface area contributed by atoms with Gasteiger partial charge in [0.2, 0.25) is 0 Å². The summed E-state index contributed by atoms with van der Waals surface area (Å²) in [5, 5.41) is -0.406. The topological polar surface area (TPSA) is 71.5 Å². The van der Waals surface area contributed by atoms with Crippen LogP contribution in [0.15, 0.2) is 20.1 Å². The van der Waals surface area contributed by atoms with E-state index in [2.05, 4.69) is 15.9 Å². The van der Waals surface area contributed by atoms with Gasteiger partial charge < -0.3 is 0 Å². The van der Waals surface area contributed by atoms with Crippen LogP contribution in [0.3, 0.4) is 0 Å². The molecule has 0 radical (unpaired) electrons. The highest BCUT2D eigenvalue weighted by molar-refractivity contribution is 9.11. The van der Waals surface area contributed by atoms with Crippen molar-refractivity contribution in [2.24, 2.45) is 0 Å². The molecule has 5 nitrogen and oxygen atoms in total. The lowest BCUT2D eigenvalue weighted by molar-refractivity contribution is 0.249. The summed E-state index contributed by atoms with van der Waals surface area (Å²) in [4.78, 5) is 0. The van der Waals surface area contributed by atoms with E-state index in [9.17, 15) is 16.8 Å². The van der Waals surface area contributed by atoms with Crippen molar-refractivity contribution in [2.75, 3.05) is 6.26 Å². The molecule has 2 fully saturated rings. The van der Waals surface area contributed by atoms with Crippen LogP contribution in [0.4, 0.5) is 0 Å². The Morgan fingerprint density at radius 3 is 2.14 bits per heavy atom. The fourth-order valence-corrected chi connectivity index (χ4v) is 8.52. The Labute approximate surface area is 137 Å². The molecule has 0 amide bonds. The van der Waals surface area contributed by atoms with Crippen LogP contribution >= 0.6 is 27.3 Å². The third kappa shape index (κ3) is 2.83. The lowest BCUT2D eigenvalue weighted by atomic mass is 10.1. The molecule has 2 aliphatic rings. The van der Waals surface area contributed by atoms with Crippen molar-refractivity contribution < 1.29 is 16.8 Å². The maximum atomic E-state index is 12.8. The third-order valence-corrected chi connectivity index (χ3v) is 10.0. The molecule has 0 N–H and O–H groups in total. The van der Waals surface area contributed by atoms with Crippen LogP contribution < -0.4 is 0 Å². The quantitative estimate of drug-likeness (QED) is 0.761. The van der Waals surface area contributed by atoms with Crippen LogP contribution in [-0.4, -0.2) is 44.7 Å². The second kappa shape index (κ2) is 5.30. The van der Waals surface area contributed by atoms with Gasteiger partial charge in [-0.1, -0.05) is 0 Å². The summed E-state index contributed by atoms with van der Waals surface area (Å²) in [6, 6.07) is 2.96. The maximum Gasteiger partial charge on any atom is 0.253 e. The van der Waals surface area contributed by atoms with E-state index in [1.807, 2.05) is 0 Å². The van der Waals surface area contributed by atoms with Gasteiger partial charge in [0.25, 0.3) is 10.0 Å². The van der Waals surface area contributed by atoms with Gasteiger partial charge in [-0.15, -0.1) is 11.3 Å². The first-order chi connectivity index (χ1) is 9.69. The summed E-state index contributed by atoms with van der Waals surface area (Å²) >= 11 is 4.48. The Bertz CT molecular complexity index is 741. The van der Waals surface area contributed by atoms with E-state index >= 15 is 0 Å². The molecule has 0 saturated carbocycles. The van der Waals surface area contributed by atoms with Gasteiger partial charge in [-0.25, -0.2) is 16.8 Å². The van der Waals surface area contributed by atoms with E-state index in [0.717, 1.165) is 16.6 Å². The number of hydrogen-bond donors (Lipinski definition) is 0. The average Bonchev–Trinajstić information content (AvgIpc) is 2.91. The normalized spacial score (nSPS) is 30.7. The number of nitrogens with zero attached hydrogens (tertiary/aromatic N) is 1. The summed E-state index contributed by atoms with van der Waals surface area (Å²) in [6.07, 6.45) is 3.59. The van der Waals surface area contributed by atoms with Crippen LogP contribution in [-0.2, 0) is 19.9 Å². The molecule has 21 heavy (non-hydrogen) atoms. The van der Waals surface area contributed by atoms with E-state index in [-0.39, 0.29) is 12.1 Å². The van der Waals surface area contributed by atoms with E-state index in [1.165, 1.54) is 17.6 Å². The number of rotatable bonds is 3. The largest absolute Gasteiger partial charge is 0.253 e. The summed E-state index contributed by atoms with van der Waals surface area (Å²) < 4.78 is 51.8. The highest BCUT2D eigenvalue weighted by atomic mass is 79.9. The molecule has 2 bridgehead atoms. The molecule has 1 aromatic heterocycles. The number of fused-ring (bicyclic) bond motifs is 2. The first-order valence-corrected chi connectivity index (χ1v) is 11.7. The minimum absolute atomic E-state index is 0.186. The van der Waals surface area contributed by atoms with E-state index in [0.29, 0.717) is 17.1 Å². The van der Waals surface area contributed by atoms with Crippen LogP contribution in [0.25, 0.3) is 0 Å². The molecule has 3 heterocycles. The lowest BCUT2D eigenvalue weighted by Crippen LogP contribution is -2.49. The van der Waals surface area contributed by atoms with Gasteiger partial charge >= 0.3 is 0 Å². The smallest absolute Gasteiger partial charge is 0.229 e. The minimum atomic E-state index is -3.52. The molecule has 9 heteroatoms. The van der Waals surface area contributed by atoms with Crippen LogP contribution in [0, 0.1) is 0 Å². The predicted octanol–water partition coefficient (Wildman–Crippen LogP) is 2.24. The minimum Gasteiger partial charge on any atom is -0.229 e. The second-order valence-electron chi connectivity index (χ2n) is 5.70. The van der Waals surface area contributed by atoms with Gasteiger partial charge in [0, 0.05) is 18.3 Å². The zero-order chi connectivity index (χ0) is 15.4. The Morgan fingerprint density at radius 1 is 1.14 bits per heavy atom. The van der Waals surface area contributed by atoms with E-state index in [1.54, 1.807) is 16.4 Å². The third-order valence-electron chi connectivity index (χ3n) is 4.31. The molecule has 2 unspecified atom stereocenters. The monoisotopic (exact) mass is 413 g/mol. The van der Waals surface area contributed by atoms with Gasteiger partial charge in [-0.3, -0.25) is 0 Å². The van der Waals surface area contributed by atoms with Crippen molar-refractivity contribution in [3.63, 3.8) is 0 Å². The average molecular weight is 414 g/mol. The summed E-state index contributed by atoms with van der Waals surface area (Å²) in [7, 11) is -6.63. The fraction of sp³-hybridized carbons (Fsp3) is 0.667. The Balaban J connectivity index is 1.92. The molecule has 3 rings (SSSR count). The Morgan fingerprint density at radius 2 is 1.71 bits per heavy atom. The molecule has 118 valence electrons. The Hall–Kier alpha value is 0.0400. The molecule has 2 aliphatic heterocycles. The fourth-order valence-electron chi connectivity index (χ4n) is 3.37. The SMILES string of the molecule is CS(=O)(=O)C1CC2CCC(C1)N2S(=O)(=O)c1ccc(Br)s1. The zero-order valence-electron chi connectivity index (χ0n) is 11.4. The number of sulfonamides is 1. The van der Waals surface area contributed by atoms with E-state index < -0.39 is 25.1 Å². The highest BCUT2D eigenvalue weighted by Gasteiger charge is 2.49. The summed E-state index contributed by atoms with van der Waals surface area (Å²) in [5.74, 6) is 0. The first-order valence-electron chi connectivity index (χ1n) is 6.67. The lowest BCUT2D eigenvalue weighted by Gasteiger charge is -2.36. The molecule has 2 atom stereocenters. The van der Waals surface area contributed by atoms with Gasteiger partial charge in [0.1, 0.15) is 14.0 Å². The molecule has 0 aromatic carbocycles. The van der Waals surface area contributed by atoms with Crippen molar-refractivity contribution in [3.05, 3.63) is 15.9 Å². The molecule has 2 saturated heterocycles. The highest BCUT2D eigenvalue weighted by Crippen LogP contribution is 2.42. The number of hydrogen-bond acceptors (Lipinski definition) is 5. The first kappa shape index (κ1) is 15.9. The van der Waals surface area contributed by atoms with Crippen molar-refractivity contribution in [3.8, 4) is 0 Å². The van der Waals surface area contributed by atoms with Crippen molar-refractivity contribution in [2.45, 2.75) is 47.2 Å². The number of halogens is 1. The van der Waals surface area contributed by atoms with Crippen LogP contribution in [0.2, 0.25) is 0 Å². The number of piperidine rings is 1. The Kier molecular flexibility index (Phi) is 4.01. The van der Waals surface area contributed by atoms with Gasteiger partial charge in [-0.05, 0) is 53.7 Å². The molecular formula is C12H16BrNO4S3.